The number of hydrogen-bond acceptors (Lipinski definition) is 4. The minimum Gasteiger partial charge on any atom is -0.258 e. The molecule has 0 spiro atoms. The van der Waals surface area contributed by atoms with Gasteiger partial charge in [-0.25, -0.2) is 12.8 Å². The van der Waals surface area contributed by atoms with Gasteiger partial charge in [-0.2, -0.15) is 0 Å². The summed E-state index contributed by atoms with van der Waals surface area (Å²) < 4.78 is 34.8. The molecule has 8 heteroatoms. The van der Waals surface area contributed by atoms with E-state index in [2.05, 4.69) is 0 Å². The van der Waals surface area contributed by atoms with Gasteiger partial charge in [0.1, 0.15) is 10.7 Å². The predicted octanol–water partition coefficient (Wildman–Crippen LogP) is 1.97. The standard InChI is InChI=1S/C7H5ClFNO4S/c1-4-2-5(9)7(15(8,13)14)3-6(4)10(11)12/h2-3H,1H3. The smallest absolute Gasteiger partial charge is 0.258 e. The van der Waals surface area contributed by atoms with Crippen LogP contribution in [0, 0.1) is 22.9 Å². The summed E-state index contributed by atoms with van der Waals surface area (Å²) in [7, 11) is 0.589. The maximum absolute atomic E-state index is 13.1. The summed E-state index contributed by atoms with van der Waals surface area (Å²) in [6.45, 7) is 1.30. The molecular weight excluding hydrogens is 249 g/mol. The molecule has 0 saturated carbocycles. The molecule has 15 heavy (non-hydrogen) atoms. The zero-order valence-corrected chi connectivity index (χ0v) is 8.97. The Balaban J connectivity index is 3.58. The summed E-state index contributed by atoms with van der Waals surface area (Å²) in [5.41, 5.74) is -0.461. The third-order valence-corrected chi connectivity index (χ3v) is 3.05. The quantitative estimate of drug-likeness (QED) is 0.459. The van der Waals surface area contributed by atoms with Crippen molar-refractivity contribution in [3.05, 3.63) is 33.6 Å². The Labute approximate surface area is 89.0 Å². The molecule has 0 aliphatic rings. The Morgan fingerprint density at radius 3 is 2.40 bits per heavy atom. The highest BCUT2D eigenvalue weighted by atomic mass is 35.7. The Hall–Kier alpha value is -1.21. The summed E-state index contributed by atoms with van der Waals surface area (Å²) in [5, 5.41) is 10.5. The van der Waals surface area contributed by atoms with Crippen molar-refractivity contribution in [1.82, 2.24) is 0 Å². The van der Waals surface area contributed by atoms with E-state index in [1.54, 1.807) is 0 Å². The van der Waals surface area contributed by atoms with E-state index in [4.69, 9.17) is 10.7 Å². The molecule has 1 aromatic rings. The molecule has 0 aliphatic carbocycles. The van der Waals surface area contributed by atoms with Gasteiger partial charge >= 0.3 is 0 Å². The largest absolute Gasteiger partial charge is 0.273 e. The third kappa shape index (κ3) is 2.42. The molecule has 0 heterocycles. The van der Waals surface area contributed by atoms with Crippen LogP contribution in [-0.2, 0) is 9.05 Å². The second-order valence-corrected chi connectivity index (χ2v) is 5.30. The van der Waals surface area contributed by atoms with Crippen molar-refractivity contribution in [2.75, 3.05) is 0 Å². The van der Waals surface area contributed by atoms with Gasteiger partial charge in [0, 0.05) is 22.3 Å². The van der Waals surface area contributed by atoms with Crippen LogP contribution in [0.4, 0.5) is 10.1 Å². The van der Waals surface area contributed by atoms with Crippen LogP contribution in [0.5, 0.6) is 0 Å². The minimum atomic E-state index is -4.31. The maximum Gasteiger partial charge on any atom is 0.273 e. The van der Waals surface area contributed by atoms with Crippen LogP contribution in [0.2, 0.25) is 0 Å². The van der Waals surface area contributed by atoms with Gasteiger partial charge in [0.05, 0.1) is 4.92 Å². The van der Waals surface area contributed by atoms with Crippen LogP contribution in [0.25, 0.3) is 0 Å². The van der Waals surface area contributed by atoms with Gasteiger partial charge in [-0.3, -0.25) is 10.1 Å². The van der Waals surface area contributed by atoms with Crippen molar-refractivity contribution < 1.29 is 17.7 Å². The van der Waals surface area contributed by atoms with Crippen molar-refractivity contribution in [2.24, 2.45) is 0 Å². The lowest BCUT2D eigenvalue weighted by Crippen LogP contribution is -2.00. The topological polar surface area (TPSA) is 77.3 Å². The van der Waals surface area contributed by atoms with Gasteiger partial charge in [0.2, 0.25) is 0 Å². The number of halogens is 2. The van der Waals surface area contributed by atoms with E-state index in [9.17, 15) is 22.9 Å². The molecule has 0 aromatic heterocycles. The number of aryl methyl sites for hydroxylation is 1. The molecule has 0 bridgehead atoms. The molecule has 1 aromatic carbocycles. The lowest BCUT2D eigenvalue weighted by molar-refractivity contribution is -0.385. The number of nitro groups is 1. The lowest BCUT2D eigenvalue weighted by Gasteiger charge is -2.01. The molecule has 0 radical (unpaired) electrons. The summed E-state index contributed by atoms with van der Waals surface area (Å²) in [6, 6.07) is 1.36. The number of hydrogen-bond donors (Lipinski definition) is 0. The van der Waals surface area contributed by atoms with E-state index in [0.717, 1.165) is 6.07 Å². The first-order valence-electron chi connectivity index (χ1n) is 3.62. The summed E-state index contributed by atoms with van der Waals surface area (Å²) >= 11 is 0. The average molecular weight is 254 g/mol. The summed E-state index contributed by atoms with van der Waals surface area (Å²) in [4.78, 5) is 8.76. The van der Waals surface area contributed by atoms with Crippen LogP contribution in [0.3, 0.4) is 0 Å². The zero-order valence-electron chi connectivity index (χ0n) is 7.40. The monoisotopic (exact) mass is 253 g/mol. The number of benzene rings is 1. The molecule has 0 amide bonds. The predicted molar refractivity (Wildman–Crippen MR) is 50.8 cm³/mol. The van der Waals surface area contributed by atoms with E-state index in [1.165, 1.54) is 6.92 Å². The highest BCUT2D eigenvalue weighted by Crippen LogP contribution is 2.27. The van der Waals surface area contributed by atoms with Crippen LogP contribution in [-0.4, -0.2) is 13.3 Å². The second-order valence-electron chi connectivity index (χ2n) is 2.76. The van der Waals surface area contributed by atoms with Gasteiger partial charge in [0.15, 0.2) is 0 Å². The van der Waals surface area contributed by atoms with Gasteiger partial charge < -0.3 is 0 Å². The third-order valence-electron chi connectivity index (χ3n) is 1.71. The normalized spacial score (nSPS) is 11.4. The van der Waals surface area contributed by atoms with Gasteiger partial charge in [-0.05, 0) is 13.0 Å². The molecule has 0 fully saturated rings. The van der Waals surface area contributed by atoms with Crippen molar-refractivity contribution >= 4 is 25.4 Å². The van der Waals surface area contributed by atoms with Gasteiger partial charge in [0.25, 0.3) is 14.7 Å². The van der Waals surface area contributed by atoms with Gasteiger partial charge in [-0.15, -0.1) is 0 Å². The van der Waals surface area contributed by atoms with Crippen LogP contribution in [0.1, 0.15) is 5.56 Å². The molecule has 0 aliphatic heterocycles. The fourth-order valence-electron chi connectivity index (χ4n) is 1.03. The Kier molecular flexibility index (Phi) is 2.96. The van der Waals surface area contributed by atoms with Crippen molar-refractivity contribution in [1.29, 1.82) is 0 Å². The lowest BCUT2D eigenvalue weighted by atomic mass is 10.2. The van der Waals surface area contributed by atoms with E-state index in [0.29, 0.717) is 6.07 Å². The summed E-state index contributed by atoms with van der Waals surface area (Å²) in [5.74, 6) is -1.10. The Morgan fingerprint density at radius 1 is 1.47 bits per heavy atom. The van der Waals surface area contributed by atoms with Crippen LogP contribution >= 0.6 is 10.7 Å². The summed E-state index contributed by atoms with van der Waals surface area (Å²) in [6.07, 6.45) is 0. The molecule has 0 unspecified atom stereocenters. The number of nitrogens with zero attached hydrogens (tertiary/aromatic N) is 1. The highest BCUT2D eigenvalue weighted by Gasteiger charge is 2.22. The number of nitro benzene ring substituents is 1. The maximum atomic E-state index is 13.1. The van der Waals surface area contributed by atoms with E-state index in [1.807, 2.05) is 0 Å². The molecule has 5 nitrogen and oxygen atoms in total. The SMILES string of the molecule is Cc1cc(F)c(S(=O)(=O)Cl)cc1[N+](=O)[O-]. The van der Waals surface area contributed by atoms with Crippen molar-refractivity contribution in [2.45, 2.75) is 11.8 Å². The first-order chi connectivity index (χ1) is 6.73. The molecule has 0 N–H and O–H groups in total. The van der Waals surface area contributed by atoms with E-state index < -0.39 is 30.4 Å². The molecule has 0 atom stereocenters. The fraction of sp³-hybridized carbons (Fsp3) is 0.143. The molecular formula is C7H5ClFNO4S. The Morgan fingerprint density at radius 2 is 2.00 bits per heavy atom. The first-order valence-corrected chi connectivity index (χ1v) is 5.93. The zero-order chi connectivity index (χ0) is 11.8. The minimum absolute atomic E-state index is 0.0292. The average Bonchev–Trinajstić information content (AvgIpc) is 2.00. The molecule has 82 valence electrons. The molecule has 1 rings (SSSR count). The van der Waals surface area contributed by atoms with Gasteiger partial charge in [-0.1, -0.05) is 0 Å². The Bertz CT molecular complexity index is 528. The van der Waals surface area contributed by atoms with Crippen molar-refractivity contribution in [3.63, 3.8) is 0 Å². The van der Waals surface area contributed by atoms with E-state index in [-0.39, 0.29) is 5.56 Å². The first kappa shape index (κ1) is 11.9. The fourth-order valence-corrected chi connectivity index (χ4v) is 1.92. The van der Waals surface area contributed by atoms with Crippen LogP contribution < -0.4 is 0 Å². The van der Waals surface area contributed by atoms with Crippen molar-refractivity contribution in [3.8, 4) is 0 Å². The molecule has 0 saturated heterocycles. The van der Waals surface area contributed by atoms with E-state index >= 15 is 0 Å². The second kappa shape index (κ2) is 3.74. The number of rotatable bonds is 2. The highest BCUT2D eigenvalue weighted by molar-refractivity contribution is 8.13. The van der Waals surface area contributed by atoms with Crippen LogP contribution in [0.15, 0.2) is 17.0 Å².